The topological polar surface area (TPSA) is 82.2 Å². The summed E-state index contributed by atoms with van der Waals surface area (Å²) in [4.78, 5) is 14.1. The standard InChI is InChI=1S/C16H22N4O/c1-20(15(10-18)13-4-5-13)11-16(21)19-14-6-2-12(3-7-14)8-9-17/h2-3,6-7,13,15H,4-5,8,10-11,18H2,1H3,(H,19,21). The molecule has 2 rings (SSSR count). The molecule has 1 atom stereocenters. The quantitative estimate of drug-likeness (QED) is 0.793. The van der Waals surface area contributed by atoms with Crippen molar-refractivity contribution < 1.29 is 4.79 Å². The Morgan fingerprint density at radius 3 is 2.67 bits per heavy atom. The number of nitriles is 1. The van der Waals surface area contributed by atoms with Gasteiger partial charge in [-0.2, -0.15) is 5.26 Å². The number of hydrogen-bond donors (Lipinski definition) is 2. The van der Waals surface area contributed by atoms with E-state index < -0.39 is 0 Å². The lowest BCUT2D eigenvalue weighted by molar-refractivity contribution is -0.117. The molecule has 1 aromatic rings. The second-order valence-corrected chi connectivity index (χ2v) is 5.64. The molecule has 0 spiro atoms. The summed E-state index contributed by atoms with van der Waals surface area (Å²) < 4.78 is 0. The Bertz CT molecular complexity index is 516. The van der Waals surface area contributed by atoms with E-state index in [1.165, 1.54) is 12.8 Å². The Morgan fingerprint density at radius 1 is 1.48 bits per heavy atom. The van der Waals surface area contributed by atoms with E-state index in [1.807, 2.05) is 36.2 Å². The monoisotopic (exact) mass is 286 g/mol. The molecular weight excluding hydrogens is 264 g/mol. The van der Waals surface area contributed by atoms with E-state index in [0.29, 0.717) is 31.5 Å². The zero-order chi connectivity index (χ0) is 15.2. The van der Waals surface area contributed by atoms with Gasteiger partial charge in [0.05, 0.1) is 19.0 Å². The fourth-order valence-electron chi connectivity index (χ4n) is 2.55. The SMILES string of the molecule is CN(CC(=O)Nc1ccc(CC#N)cc1)C(CN)C1CC1. The number of carbonyl (C=O) groups is 1. The van der Waals surface area contributed by atoms with Crippen LogP contribution in [0, 0.1) is 17.2 Å². The molecule has 1 amide bonds. The first kappa shape index (κ1) is 15.5. The summed E-state index contributed by atoms with van der Waals surface area (Å²) in [6, 6.07) is 9.76. The minimum Gasteiger partial charge on any atom is -0.329 e. The van der Waals surface area contributed by atoms with Crippen LogP contribution < -0.4 is 11.1 Å². The van der Waals surface area contributed by atoms with E-state index in [2.05, 4.69) is 11.4 Å². The smallest absolute Gasteiger partial charge is 0.238 e. The first-order chi connectivity index (χ1) is 10.1. The summed E-state index contributed by atoms with van der Waals surface area (Å²) in [6.07, 6.45) is 2.82. The summed E-state index contributed by atoms with van der Waals surface area (Å²) in [5.41, 5.74) is 7.49. The molecule has 0 bridgehead atoms. The lowest BCUT2D eigenvalue weighted by atomic mass is 10.1. The van der Waals surface area contributed by atoms with E-state index >= 15 is 0 Å². The van der Waals surface area contributed by atoms with E-state index in [4.69, 9.17) is 11.0 Å². The first-order valence-corrected chi connectivity index (χ1v) is 7.30. The second-order valence-electron chi connectivity index (χ2n) is 5.64. The van der Waals surface area contributed by atoms with Crippen molar-refractivity contribution in [3.05, 3.63) is 29.8 Å². The second kappa shape index (κ2) is 7.21. The van der Waals surface area contributed by atoms with Crippen molar-refractivity contribution in [2.75, 3.05) is 25.5 Å². The molecule has 1 saturated carbocycles. The maximum Gasteiger partial charge on any atom is 0.238 e. The van der Waals surface area contributed by atoms with Crippen molar-refractivity contribution in [2.24, 2.45) is 11.7 Å². The summed E-state index contributed by atoms with van der Waals surface area (Å²) in [6.45, 7) is 0.940. The van der Waals surface area contributed by atoms with Crippen LogP contribution in [-0.4, -0.2) is 37.0 Å². The van der Waals surface area contributed by atoms with E-state index in [1.54, 1.807) is 0 Å². The van der Waals surface area contributed by atoms with Crippen LogP contribution in [0.3, 0.4) is 0 Å². The van der Waals surface area contributed by atoms with Crippen molar-refractivity contribution in [2.45, 2.75) is 25.3 Å². The highest BCUT2D eigenvalue weighted by Crippen LogP contribution is 2.34. The Labute approximate surface area is 125 Å². The number of nitrogens with zero attached hydrogens (tertiary/aromatic N) is 2. The highest BCUT2D eigenvalue weighted by Gasteiger charge is 2.33. The summed E-state index contributed by atoms with van der Waals surface area (Å²) >= 11 is 0. The van der Waals surface area contributed by atoms with Crippen LogP contribution in [-0.2, 0) is 11.2 Å². The highest BCUT2D eigenvalue weighted by atomic mass is 16.2. The third kappa shape index (κ3) is 4.55. The predicted molar refractivity (Wildman–Crippen MR) is 82.6 cm³/mol. The zero-order valence-corrected chi connectivity index (χ0v) is 12.4. The van der Waals surface area contributed by atoms with Crippen LogP contribution in [0.4, 0.5) is 5.69 Å². The van der Waals surface area contributed by atoms with E-state index in [9.17, 15) is 4.79 Å². The van der Waals surface area contributed by atoms with E-state index in [0.717, 1.165) is 11.3 Å². The van der Waals surface area contributed by atoms with Crippen molar-refractivity contribution in [1.29, 1.82) is 5.26 Å². The number of rotatable bonds is 7. The molecule has 1 fully saturated rings. The minimum absolute atomic E-state index is 0.0374. The van der Waals surface area contributed by atoms with Gasteiger partial charge in [-0.1, -0.05) is 12.1 Å². The van der Waals surface area contributed by atoms with Crippen molar-refractivity contribution in [3.8, 4) is 6.07 Å². The maximum atomic E-state index is 12.1. The molecule has 5 heteroatoms. The molecule has 1 aromatic carbocycles. The van der Waals surface area contributed by atoms with Crippen LogP contribution in [0.2, 0.25) is 0 Å². The molecule has 0 heterocycles. The molecule has 3 N–H and O–H groups in total. The number of nitrogens with two attached hydrogens (primary N) is 1. The molecule has 21 heavy (non-hydrogen) atoms. The van der Waals surface area contributed by atoms with Gasteiger partial charge in [0.1, 0.15) is 0 Å². The van der Waals surface area contributed by atoms with Gasteiger partial charge in [-0.05, 0) is 43.5 Å². The van der Waals surface area contributed by atoms with Crippen LogP contribution in [0.5, 0.6) is 0 Å². The lowest BCUT2D eigenvalue weighted by Gasteiger charge is -2.26. The fraction of sp³-hybridized carbons (Fsp3) is 0.500. The molecule has 1 aliphatic rings. The van der Waals surface area contributed by atoms with Gasteiger partial charge in [-0.25, -0.2) is 0 Å². The molecule has 0 aliphatic heterocycles. The van der Waals surface area contributed by atoms with E-state index in [-0.39, 0.29) is 5.91 Å². The van der Waals surface area contributed by atoms with Crippen molar-refractivity contribution in [1.82, 2.24) is 4.90 Å². The number of hydrogen-bond acceptors (Lipinski definition) is 4. The minimum atomic E-state index is -0.0374. The Balaban J connectivity index is 1.84. The number of amides is 1. The largest absolute Gasteiger partial charge is 0.329 e. The number of benzene rings is 1. The molecule has 0 radical (unpaired) electrons. The lowest BCUT2D eigenvalue weighted by Crippen LogP contribution is -2.43. The number of nitrogens with one attached hydrogen (secondary N) is 1. The van der Waals surface area contributed by atoms with Gasteiger partial charge in [-0.15, -0.1) is 0 Å². The highest BCUT2D eigenvalue weighted by molar-refractivity contribution is 5.92. The van der Waals surface area contributed by atoms with Crippen LogP contribution in [0.15, 0.2) is 24.3 Å². The van der Waals surface area contributed by atoms with Crippen molar-refractivity contribution in [3.63, 3.8) is 0 Å². The van der Waals surface area contributed by atoms with Crippen LogP contribution in [0.1, 0.15) is 18.4 Å². The fourth-order valence-corrected chi connectivity index (χ4v) is 2.55. The molecule has 0 saturated heterocycles. The van der Waals surface area contributed by atoms with Gasteiger partial charge in [0, 0.05) is 18.3 Å². The molecule has 1 aliphatic carbocycles. The summed E-state index contributed by atoms with van der Waals surface area (Å²) in [5.74, 6) is 0.614. The Morgan fingerprint density at radius 2 is 2.14 bits per heavy atom. The van der Waals surface area contributed by atoms with Crippen LogP contribution >= 0.6 is 0 Å². The Hall–Kier alpha value is -1.90. The predicted octanol–water partition coefficient (Wildman–Crippen LogP) is 1.36. The van der Waals surface area contributed by atoms with Gasteiger partial charge in [-0.3, -0.25) is 9.69 Å². The molecule has 0 aromatic heterocycles. The van der Waals surface area contributed by atoms with Gasteiger partial charge in [0.15, 0.2) is 0 Å². The molecule has 1 unspecified atom stereocenters. The Kier molecular flexibility index (Phi) is 5.32. The normalized spacial score (nSPS) is 15.5. The number of anilines is 1. The average molecular weight is 286 g/mol. The molecule has 112 valence electrons. The van der Waals surface area contributed by atoms with Crippen molar-refractivity contribution >= 4 is 11.6 Å². The van der Waals surface area contributed by atoms with Gasteiger partial charge < -0.3 is 11.1 Å². The molecular formula is C16H22N4O. The number of carbonyl (C=O) groups excluding carboxylic acids is 1. The number of likely N-dealkylation sites (N-methyl/N-ethyl adjacent to an activating group) is 1. The first-order valence-electron chi connectivity index (χ1n) is 7.30. The third-order valence-electron chi connectivity index (χ3n) is 3.89. The summed E-state index contributed by atoms with van der Waals surface area (Å²) in [5, 5.41) is 11.5. The van der Waals surface area contributed by atoms with Gasteiger partial charge in [0.25, 0.3) is 0 Å². The van der Waals surface area contributed by atoms with Gasteiger partial charge >= 0.3 is 0 Å². The molecule has 5 nitrogen and oxygen atoms in total. The average Bonchev–Trinajstić information content (AvgIpc) is 3.26. The van der Waals surface area contributed by atoms with Crippen LogP contribution in [0.25, 0.3) is 0 Å². The summed E-state index contributed by atoms with van der Waals surface area (Å²) in [7, 11) is 1.95. The zero-order valence-electron chi connectivity index (χ0n) is 12.4. The van der Waals surface area contributed by atoms with Gasteiger partial charge in [0.2, 0.25) is 5.91 Å². The maximum absolute atomic E-state index is 12.1. The third-order valence-corrected chi connectivity index (χ3v) is 3.89.